The average Bonchev–Trinajstić information content (AvgIpc) is 2.58. The van der Waals surface area contributed by atoms with E-state index < -0.39 is 0 Å². The molecule has 0 saturated carbocycles. The lowest BCUT2D eigenvalue weighted by Gasteiger charge is -2.11. The molecule has 0 bridgehead atoms. The maximum Gasteiger partial charge on any atom is 0.248 e. The van der Waals surface area contributed by atoms with Crippen molar-refractivity contribution < 1.29 is 9.53 Å². The summed E-state index contributed by atoms with van der Waals surface area (Å²) in [7, 11) is 0. The number of unbranched alkanes of at least 4 members (excludes halogenated alkanes) is 1. The summed E-state index contributed by atoms with van der Waals surface area (Å²) >= 11 is 11.8. The fourth-order valence-electron chi connectivity index (χ4n) is 1.98. The number of hydrogen-bond acceptors (Lipinski definition) is 2. The Morgan fingerprint density at radius 3 is 2.71 bits per heavy atom. The van der Waals surface area contributed by atoms with Gasteiger partial charge >= 0.3 is 0 Å². The van der Waals surface area contributed by atoms with Crippen LogP contribution >= 0.6 is 23.2 Å². The number of ether oxygens (including phenoxy) is 1. The van der Waals surface area contributed by atoms with Gasteiger partial charge in [0.1, 0.15) is 5.75 Å². The van der Waals surface area contributed by atoms with Gasteiger partial charge in [-0.3, -0.25) is 4.79 Å². The normalized spacial score (nSPS) is 10.8. The van der Waals surface area contributed by atoms with Crippen molar-refractivity contribution in [3.63, 3.8) is 0 Å². The van der Waals surface area contributed by atoms with E-state index in [1.54, 1.807) is 24.3 Å². The highest BCUT2D eigenvalue weighted by Crippen LogP contribution is 2.25. The summed E-state index contributed by atoms with van der Waals surface area (Å²) in [5.41, 5.74) is 1.45. The summed E-state index contributed by atoms with van der Waals surface area (Å²) in [5.74, 6) is 0.426. The van der Waals surface area contributed by atoms with Crippen LogP contribution in [-0.2, 0) is 4.79 Å². The van der Waals surface area contributed by atoms with Gasteiger partial charge in [0, 0.05) is 6.08 Å². The fraction of sp³-hybridized carbons (Fsp3) is 0.211. The SMILES string of the molecule is CCCCOc1ccccc1NC(=O)C=Cc1ccc(Cl)c(Cl)c1. The van der Waals surface area contributed by atoms with Crippen molar-refractivity contribution in [1.82, 2.24) is 0 Å². The second-order valence-corrected chi connectivity index (χ2v) is 6.01. The molecule has 0 unspecified atom stereocenters. The Hall–Kier alpha value is -1.97. The molecule has 0 heterocycles. The summed E-state index contributed by atoms with van der Waals surface area (Å²) in [6, 6.07) is 12.6. The van der Waals surface area contributed by atoms with E-state index in [1.165, 1.54) is 6.08 Å². The third-order valence-electron chi connectivity index (χ3n) is 3.27. The third-order valence-corrected chi connectivity index (χ3v) is 4.01. The number of para-hydroxylation sites is 2. The van der Waals surface area contributed by atoms with Crippen LogP contribution in [0.1, 0.15) is 25.3 Å². The molecule has 0 spiro atoms. The number of halogens is 2. The summed E-state index contributed by atoms with van der Waals surface area (Å²) in [4.78, 5) is 12.1. The fourth-order valence-corrected chi connectivity index (χ4v) is 2.29. The van der Waals surface area contributed by atoms with E-state index in [-0.39, 0.29) is 5.91 Å². The number of carbonyl (C=O) groups is 1. The molecule has 2 rings (SSSR count). The first-order valence-electron chi connectivity index (χ1n) is 7.76. The molecule has 0 aliphatic rings. The molecule has 0 aliphatic carbocycles. The van der Waals surface area contributed by atoms with Gasteiger partial charge < -0.3 is 10.1 Å². The van der Waals surface area contributed by atoms with Crippen LogP contribution in [0.4, 0.5) is 5.69 Å². The van der Waals surface area contributed by atoms with Gasteiger partial charge in [-0.25, -0.2) is 0 Å². The van der Waals surface area contributed by atoms with Crippen molar-refractivity contribution >= 4 is 40.9 Å². The summed E-state index contributed by atoms with van der Waals surface area (Å²) in [6.07, 6.45) is 5.15. The molecule has 0 saturated heterocycles. The summed E-state index contributed by atoms with van der Waals surface area (Å²) in [6.45, 7) is 2.73. The lowest BCUT2D eigenvalue weighted by atomic mass is 10.2. The quantitative estimate of drug-likeness (QED) is 0.496. The summed E-state index contributed by atoms with van der Waals surface area (Å²) in [5, 5.41) is 3.76. The second kappa shape index (κ2) is 9.36. The van der Waals surface area contributed by atoms with Gasteiger partial charge in [-0.1, -0.05) is 54.7 Å². The number of anilines is 1. The Labute approximate surface area is 152 Å². The maximum atomic E-state index is 12.1. The molecule has 3 nitrogen and oxygen atoms in total. The van der Waals surface area contributed by atoms with Crippen molar-refractivity contribution in [3.05, 3.63) is 64.1 Å². The van der Waals surface area contributed by atoms with E-state index >= 15 is 0 Å². The minimum Gasteiger partial charge on any atom is -0.491 e. The molecule has 2 aromatic rings. The smallest absolute Gasteiger partial charge is 0.248 e. The number of amides is 1. The van der Waals surface area contributed by atoms with Crippen LogP contribution in [0.15, 0.2) is 48.5 Å². The molecule has 0 aromatic heterocycles. The van der Waals surface area contributed by atoms with Gasteiger partial charge in [-0.05, 0) is 42.3 Å². The van der Waals surface area contributed by atoms with Gasteiger partial charge in [-0.2, -0.15) is 0 Å². The zero-order chi connectivity index (χ0) is 17.4. The highest BCUT2D eigenvalue weighted by molar-refractivity contribution is 6.42. The predicted octanol–water partition coefficient (Wildman–Crippen LogP) is 5.82. The topological polar surface area (TPSA) is 38.3 Å². The van der Waals surface area contributed by atoms with Crippen LogP contribution in [0.2, 0.25) is 10.0 Å². The zero-order valence-corrected chi connectivity index (χ0v) is 14.9. The van der Waals surface area contributed by atoms with Crippen LogP contribution in [0.3, 0.4) is 0 Å². The highest BCUT2D eigenvalue weighted by Gasteiger charge is 2.05. The van der Waals surface area contributed by atoms with E-state index in [4.69, 9.17) is 27.9 Å². The number of benzene rings is 2. The van der Waals surface area contributed by atoms with Crippen LogP contribution in [-0.4, -0.2) is 12.5 Å². The molecule has 1 N–H and O–H groups in total. The van der Waals surface area contributed by atoms with Crippen LogP contribution in [0.5, 0.6) is 5.75 Å². The van der Waals surface area contributed by atoms with Gasteiger partial charge in [0.05, 0.1) is 22.3 Å². The molecular formula is C19H19Cl2NO2. The van der Waals surface area contributed by atoms with Crippen LogP contribution < -0.4 is 10.1 Å². The molecule has 126 valence electrons. The van der Waals surface area contributed by atoms with Gasteiger partial charge in [0.2, 0.25) is 5.91 Å². The predicted molar refractivity (Wildman–Crippen MR) is 101 cm³/mol. The van der Waals surface area contributed by atoms with Crippen molar-refractivity contribution in [2.24, 2.45) is 0 Å². The first-order valence-corrected chi connectivity index (χ1v) is 8.51. The third kappa shape index (κ3) is 5.59. The van der Waals surface area contributed by atoms with Gasteiger partial charge in [0.15, 0.2) is 0 Å². The monoisotopic (exact) mass is 363 g/mol. The lowest BCUT2D eigenvalue weighted by molar-refractivity contribution is -0.111. The first-order chi connectivity index (χ1) is 11.6. The van der Waals surface area contributed by atoms with Crippen LogP contribution in [0.25, 0.3) is 6.08 Å². The Morgan fingerprint density at radius 1 is 1.17 bits per heavy atom. The molecule has 0 radical (unpaired) electrons. The van der Waals surface area contributed by atoms with Gasteiger partial charge in [-0.15, -0.1) is 0 Å². The van der Waals surface area contributed by atoms with Crippen molar-refractivity contribution in [2.75, 3.05) is 11.9 Å². The summed E-state index contributed by atoms with van der Waals surface area (Å²) < 4.78 is 5.70. The maximum absolute atomic E-state index is 12.1. The van der Waals surface area contributed by atoms with E-state index in [9.17, 15) is 4.79 Å². The van der Waals surface area contributed by atoms with Crippen molar-refractivity contribution in [1.29, 1.82) is 0 Å². The van der Waals surface area contributed by atoms with Crippen molar-refractivity contribution in [2.45, 2.75) is 19.8 Å². The highest BCUT2D eigenvalue weighted by atomic mass is 35.5. The number of hydrogen-bond donors (Lipinski definition) is 1. The second-order valence-electron chi connectivity index (χ2n) is 5.19. The molecule has 0 fully saturated rings. The average molecular weight is 364 g/mol. The van der Waals surface area contributed by atoms with Crippen LogP contribution in [0, 0.1) is 0 Å². The Morgan fingerprint density at radius 2 is 1.96 bits per heavy atom. The Kier molecular flexibility index (Phi) is 7.16. The lowest BCUT2D eigenvalue weighted by Crippen LogP contribution is -2.09. The number of rotatable bonds is 7. The standard InChI is InChI=1S/C19H19Cl2NO2/c1-2-3-12-24-18-7-5-4-6-17(18)22-19(23)11-9-14-8-10-15(20)16(21)13-14/h4-11,13H,2-3,12H2,1H3,(H,22,23). The Balaban J connectivity index is 2.01. The van der Waals surface area contributed by atoms with E-state index in [0.717, 1.165) is 18.4 Å². The molecule has 24 heavy (non-hydrogen) atoms. The molecule has 1 amide bonds. The number of nitrogens with one attached hydrogen (secondary N) is 1. The van der Waals surface area contributed by atoms with Crippen molar-refractivity contribution in [3.8, 4) is 5.75 Å². The first kappa shape index (κ1) is 18.4. The molecule has 5 heteroatoms. The molecule has 2 aromatic carbocycles. The number of carbonyl (C=O) groups excluding carboxylic acids is 1. The molecule has 0 atom stereocenters. The van der Waals surface area contributed by atoms with E-state index in [0.29, 0.717) is 28.1 Å². The minimum absolute atomic E-state index is 0.243. The molecule has 0 aliphatic heterocycles. The Bertz CT molecular complexity index is 729. The van der Waals surface area contributed by atoms with Gasteiger partial charge in [0.25, 0.3) is 0 Å². The van der Waals surface area contributed by atoms with E-state index in [2.05, 4.69) is 12.2 Å². The minimum atomic E-state index is -0.243. The largest absolute Gasteiger partial charge is 0.491 e. The zero-order valence-electron chi connectivity index (χ0n) is 13.4. The molecular weight excluding hydrogens is 345 g/mol. The van der Waals surface area contributed by atoms with E-state index in [1.807, 2.05) is 24.3 Å².